The van der Waals surface area contributed by atoms with Crippen molar-refractivity contribution in [3.05, 3.63) is 24.3 Å². The highest BCUT2D eigenvalue weighted by Crippen LogP contribution is 2.27. The van der Waals surface area contributed by atoms with Crippen molar-refractivity contribution in [1.82, 2.24) is 5.32 Å². The first-order valence-corrected chi connectivity index (χ1v) is 8.69. The molecule has 1 aliphatic rings. The van der Waals surface area contributed by atoms with E-state index in [4.69, 9.17) is 4.74 Å². The summed E-state index contributed by atoms with van der Waals surface area (Å²) in [5.41, 5.74) is 1.11. The predicted molar refractivity (Wildman–Crippen MR) is 95.0 cm³/mol. The van der Waals surface area contributed by atoms with Gasteiger partial charge in [0.05, 0.1) is 46.1 Å². The standard InChI is InChI=1S/C18H27N3O4/c1-24-16-7-4-3-6-15(16)21-12-10-20(11-13-21)14-17(22)19-9-5-8-18(23)25-2/h3-4,6-7H,5,8-14H2,1-2H3,(H,19,22)/p+1. The monoisotopic (exact) mass is 350 g/mol. The molecule has 2 rings (SSSR count). The first-order chi connectivity index (χ1) is 12.1. The van der Waals surface area contributed by atoms with Gasteiger partial charge in [-0.3, -0.25) is 9.59 Å². The number of carbonyl (C=O) groups is 2. The molecule has 0 spiro atoms. The maximum Gasteiger partial charge on any atom is 0.305 e. The molecule has 0 atom stereocenters. The zero-order valence-electron chi connectivity index (χ0n) is 15.0. The molecule has 1 aromatic carbocycles. The maximum atomic E-state index is 12.0. The number of nitrogens with zero attached hydrogens (tertiary/aromatic N) is 1. The van der Waals surface area contributed by atoms with E-state index in [-0.39, 0.29) is 11.9 Å². The quantitative estimate of drug-likeness (QED) is 0.487. The molecule has 1 amide bonds. The fraction of sp³-hybridized carbons (Fsp3) is 0.556. The molecule has 1 aliphatic heterocycles. The lowest BCUT2D eigenvalue weighted by Crippen LogP contribution is -3.15. The summed E-state index contributed by atoms with van der Waals surface area (Å²) in [6.45, 7) is 4.59. The summed E-state index contributed by atoms with van der Waals surface area (Å²) in [6, 6.07) is 8.02. The van der Waals surface area contributed by atoms with Gasteiger partial charge in [-0.25, -0.2) is 0 Å². The summed E-state index contributed by atoms with van der Waals surface area (Å²) in [7, 11) is 3.06. The van der Waals surface area contributed by atoms with Crippen molar-refractivity contribution in [1.29, 1.82) is 0 Å². The number of rotatable bonds is 8. The molecule has 1 fully saturated rings. The van der Waals surface area contributed by atoms with Gasteiger partial charge in [0.2, 0.25) is 0 Å². The van der Waals surface area contributed by atoms with Crippen molar-refractivity contribution in [2.24, 2.45) is 0 Å². The van der Waals surface area contributed by atoms with Crippen molar-refractivity contribution in [2.75, 3.05) is 58.4 Å². The Morgan fingerprint density at radius 3 is 2.60 bits per heavy atom. The topological polar surface area (TPSA) is 72.3 Å². The molecule has 2 N–H and O–H groups in total. The van der Waals surface area contributed by atoms with Crippen LogP contribution in [0.3, 0.4) is 0 Å². The highest BCUT2D eigenvalue weighted by Gasteiger charge is 2.23. The number of piperazine rings is 1. The van der Waals surface area contributed by atoms with Crippen LogP contribution in [0.1, 0.15) is 12.8 Å². The molecule has 7 heteroatoms. The smallest absolute Gasteiger partial charge is 0.305 e. The van der Waals surface area contributed by atoms with Gasteiger partial charge in [-0.2, -0.15) is 0 Å². The first-order valence-electron chi connectivity index (χ1n) is 8.69. The second-order valence-electron chi connectivity index (χ2n) is 6.12. The predicted octanol–water partition coefficient (Wildman–Crippen LogP) is -0.530. The van der Waals surface area contributed by atoms with E-state index in [1.54, 1.807) is 7.11 Å². The molecule has 0 saturated carbocycles. The summed E-state index contributed by atoms with van der Waals surface area (Å²) < 4.78 is 10.00. The molecule has 1 saturated heterocycles. The van der Waals surface area contributed by atoms with Gasteiger partial charge in [0.15, 0.2) is 6.54 Å². The molecule has 0 bridgehead atoms. The third kappa shape index (κ3) is 5.94. The molecule has 25 heavy (non-hydrogen) atoms. The van der Waals surface area contributed by atoms with Gasteiger partial charge in [0.1, 0.15) is 5.75 Å². The molecule has 0 radical (unpaired) electrons. The van der Waals surface area contributed by atoms with Gasteiger partial charge >= 0.3 is 5.97 Å². The molecule has 0 aromatic heterocycles. The zero-order valence-corrected chi connectivity index (χ0v) is 15.0. The van der Waals surface area contributed by atoms with Crippen LogP contribution in [-0.4, -0.2) is 65.4 Å². The molecule has 1 heterocycles. The van der Waals surface area contributed by atoms with E-state index in [0.29, 0.717) is 25.9 Å². The average molecular weight is 350 g/mol. The lowest BCUT2D eigenvalue weighted by atomic mass is 10.2. The molecule has 0 aliphatic carbocycles. The van der Waals surface area contributed by atoms with E-state index in [1.165, 1.54) is 12.0 Å². The van der Waals surface area contributed by atoms with Crippen molar-refractivity contribution < 1.29 is 24.0 Å². The molecule has 0 unspecified atom stereocenters. The van der Waals surface area contributed by atoms with E-state index >= 15 is 0 Å². The van der Waals surface area contributed by atoms with Crippen LogP contribution in [0.25, 0.3) is 0 Å². The van der Waals surface area contributed by atoms with Gasteiger partial charge < -0.3 is 24.6 Å². The van der Waals surface area contributed by atoms with Crippen LogP contribution >= 0.6 is 0 Å². The summed E-state index contributed by atoms with van der Waals surface area (Å²) >= 11 is 0. The number of hydrogen-bond donors (Lipinski definition) is 2. The Balaban J connectivity index is 1.69. The number of quaternary nitrogens is 1. The zero-order chi connectivity index (χ0) is 18.1. The number of esters is 1. The SMILES string of the molecule is COC(=O)CCCNC(=O)C[NH+]1CCN(c2ccccc2OC)CC1. The third-order valence-corrected chi connectivity index (χ3v) is 4.41. The summed E-state index contributed by atoms with van der Waals surface area (Å²) in [5, 5.41) is 2.87. The highest BCUT2D eigenvalue weighted by atomic mass is 16.5. The van der Waals surface area contributed by atoms with Crippen LogP contribution in [0.4, 0.5) is 5.69 Å². The van der Waals surface area contributed by atoms with Crippen molar-refractivity contribution in [3.8, 4) is 5.75 Å². The number of hydrogen-bond acceptors (Lipinski definition) is 5. The minimum Gasteiger partial charge on any atom is -0.495 e. The largest absolute Gasteiger partial charge is 0.495 e. The maximum absolute atomic E-state index is 12.0. The van der Waals surface area contributed by atoms with Crippen LogP contribution in [0.5, 0.6) is 5.75 Å². The average Bonchev–Trinajstić information content (AvgIpc) is 2.65. The van der Waals surface area contributed by atoms with Crippen LogP contribution in [0, 0.1) is 0 Å². The van der Waals surface area contributed by atoms with Crippen molar-refractivity contribution >= 4 is 17.6 Å². The molecule has 138 valence electrons. The Morgan fingerprint density at radius 2 is 1.92 bits per heavy atom. The fourth-order valence-corrected chi connectivity index (χ4v) is 2.98. The van der Waals surface area contributed by atoms with E-state index in [9.17, 15) is 9.59 Å². The number of benzene rings is 1. The van der Waals surface area contributed by atoms with Crippen LogP contribution in [0.15, 0.2) is 24.3 Å². The Kier molecular flexibility index (Phi) is 7.53. The molecule has 7 nitrogen and oxygen atoms in total. The number of nitrogens with one attached hydrogen (secondary N) is 2. The van der Waals surface area contributed by atoms with Gasteiger partial charge in [-0.15, -0.1) is 0 Å². The Bertz CT molecular complexity index is 571. The lowest BCUT2D eigenvalue weighted by Gasteiger charge is -2.34. The number of methoxy groups -OCH3 is 2. The third-order valence-electron chi connectivity index (χ3n) is 4.41. The fourth-order valence-electron chi connectivity index (χ4n) is 2.98. The number of carbonyl (C=O) groups excluding carboxylic acids is 2. The summed E-state index contributed by atoms with van der Waals surface area (Å²) in [4.78, 5) is 26.6. The second kappa shape index (κ2) is 9.88. The van der Waals surface area contributed by atoms with Gasteiger partial charge in [-0.05, 0) is 18.6 Å². The van der Waals surface area contributed by atoms with Gasteiger partial charge in [-0.1, -0.05) is 12.1 Å². The highest BCUT2D eigenvalue weighted by molar-refractivity contribution is 5.77. The minimum absolute atomic E-state index is 0.0330. The van der Waals surface area contributed by atoms with Crippen molar-refractivity contribution in [2.45, 2.75) is 12.8 Å². The molecular weight excluding hydrogens is 322 g/mol. The number of amides is 1. The van der Waals surface area contributed by atoms with E-state index in [0.717, 1.165) is 37.6 Å². The van der Waals surface area contributed by atoms with Crippen molar-refractivity contribution in [3.63, 3.8) is 0 Å². The van der Waals surface area contributed by atoms with E-state index in [2.05, 4.69) is 21.0 Å². The molecule has 1 aromatic rings. The van der Waals surface area contributed by atoms with E-state index in [1.807, 2.05) is 18.2 Å². The number of para-hydroxylation sites is 2. The van der Waals surface area contributed by atoms with Crippen LogP contribution < -0.4 is 19.9 Å². The lowest BCUT2D eigenvalue weighted by molar-refractivity contribution is -0.892. The van der Waals surface area contributed by atoms with E-state index < -0.39 is 0 Å². The van der Waals surface area contributed by atoms with Gasteiger partial charge in [0, 0.05) is 13.0 Å². The summed E-state index contributed by atoms with van der Waals surface area (Å²) in [6.07, 6.45) is 0.941. The number of ether oxygens (including phenoxy) is 2. The Morgan fingerprint density at radius 1 is 1.20 bits per heavy atom. The normalized spacial score (nSPS) is 14.9. The first kappa shape index (κ1) is 19.1. The Hall–Kier alpha value is -2.28. The minimum atomic E-state index is -0.243. The summed E-state index contributed by atoms with van der Waals surface area (Å²) in [5.74, 6) is 0.673. The number of anilines is 1. The second-order valence-corrected chi connectivity index (χ2v) is 6.12. The molecular formula is C18H28N3O4+. The van der Waals surface area contributed by atoms with Crippen LogP contribution in [0.2, 0.25) is 0 Å². The Labute approximate surface area is 148 Å². The van der Waals surface area contributed by atoms with Gasteiger partial charge in [0.25, 0.3) is 5.91 Å². The van der Waals surface area contributed by atoms with Crippen LogP contribution in [-0.2, 0) is 14.3 Å².